The SMILES string of the molecule is CC(=O)n1c(C2CC[C@H]3[C@@H]4CCC5N(C)C(=O)C=C[C@]5(C)[C@@H]4CC[C@]23C)nc2cccnc21. The Morgan fingerprint density at radius 3 is 2.73 bits per heavy atom. The van der Waals surface area contributed by atoms with Gasteiger partial charge in [0.05, 0.1) is 0 Å². The Balaban J connectivity index is 1.38. The van der Waals surface area contributed by atoms with E-state index >= 15 is 0 Å². The van der Waals surface area contributed by atoms with Crippen molar-refractivity contribution in [3.63, 3.8) is 0 Å². The lowest BCUT2D eigenvalue weighted by Crippen LogP contribution is -2.59. The van der Waals surface area contributed by atoms with Gasteiger partial charge in [0.2, 0.25) is 11.8 Å². The van der Waals surface area contributed by atoms with Crippen molar-refractivity contribution in [1.82, 2.24) is 19.4 Å². The molecule has 0 saturated heterocycles. The van der Waals surface area contributed by atoms with Crippen molar-refractivity contribution in [3.05, 3.63) is 36.3 Å². The summed E-state index contributed by atoms with van der Waals surface area (Å²) in [6.07, 6.45) is 12.7. The minimum atomic E-state index is 0.00000225. The molecule has 0 bridgehead atoms. The van der Waals surface area contributed by atoms with E-state index in [9.17, 15) is 9.59 Å². The van der Waals surface area contributed by atoms with E-state index in [1.54, 1.807) is 17.7 Å². The summed E-state index contributed by atoms with van der Waals surface area (Å²) in [7, 11) is 1.98. The third-order valence-corrected chi connectivity index (χ3v) is 10.2. The van der Waals surface area contributed by atoms with Crippen LogP contribution in [0.15, 0.2) is 30.5 Å². The smallest absolute Gasteiger partial charge is 0.246 e. The maximum Gasteiger partial charge on any atom is 0.246 e. The molecule has 0 N–H and O–H groups in total. The Labute approximate surface area is 195 Å². The number of carbonyl (C=O) groups excluding carboxylic acids is 2. The van der Waals surface area contributed by atoms with Gasteiger partial charge in [0, 0.05) is 37.5 Å². The number of pyridine rings is 1. The van der Waals surface area contributed by atoms with Crippen molar-refractivity contribution >= 4 is 23.0 Å². The molecule has 174 valence electrons. The number of rotatable bonds is 1. The molecular formula is C27H34N4O2. The van der Waals surface area contributed by atoms with Crippen LogP contribution in [-0.4, -0.2) is 44.3 Å². The molecule has 6 heteroatoms. The van der Waals surface area contributed by atoms with Crippen LogP contribution >= 0.6 is 0 Å². The van der Waals surface area contributed by atoms with E-state index in [0.29, 0.717) is 29.4 Å². The number of amides is 1. The van der Waals surface area contributed by atoms with Gasteiger partial charge in [-0.05, 0) is 79.9 Å². The minimum Gasteiger partial charge on any atom is -0.338 e. The van der Waals surface area contributed by atoms with Crippen LogP contribution in [-0.2, 0) is 4.79 Å². The van der Waals surface area contributed by atoms with E-state index in [0.717, 1.165) is 30.6 Å². The monoisotopic (exact) mass is 446 g/mol. The number of aromatic nitrogens is 3. The third kappa shape index (κ3) is 2.72. The highest BCUT2D eigenvalue weighted by atomic mass is 16.2. The predicted molar refractivity (Wildman–Crippen MR) is 127 cm³/mol. The maximum absolute atomic E-state index is 12.7. The molecule has 7 atom stereocenters. The minimum absolute atomic E-state index is 0.00000225. The van der Waals surface area contributed by atoms with Gasteiger partial charge in [-0.3, -0.25) is 9.59 Å². The fourth-order valence-corrected chi connectivity index (χ4v) is 8.64. The zero-order chi connectivity index (χ0) is 23.1. The first-order valence-corrected chi connectivity index (χ1v) is 12.6. The lowest BCUT2D eigenvalue weighted by atomic mass is 9.47. The first-order chi connectivity index (χ1) is 15.8. The molecule has 3 heterocycles. The van der Waals surface area contributed by atoms with Crippen LogP contribution in [0.2, 0.25) is 0 Å². The summed E-state index contributed by atoms with van der Waals surface area (Å²) in [5, 5.41) is 0. The molecule has 1 aliphatic heterocycles. The molecule has 1 amide bonds. The van der Waals surface area contributed by atoms with E-state index in [-0.39, 0.29) is 28.6 Å². The molecule has 2 unspecified atom stereocenters. The van der Waals surface area contributed by atoms with Crippen LogP contribution < -0.4 is 0 Å². The van der Waals surface area contributed by atoms with E-state index in [2.05, 4.69) is 24.9 Å². The molecule has 4 aliphatic rings. The van der Waals surface area contributed by atoms with Crippen LogP contribution in [0.1, 0.15) is 75.8 Å². The van der Waals surface area contributed by atoms with Crippen molar-refractivity contribution in [2.75, 3.05) is 7.05 Å². The van der Waals surface area contributed by atoms with Gasteiger partial charge in [0.1, 0.15) is 11.3 Å². The Morgan fingerprint density at radius 1 is 1.12 bits per heavy atom. The number of nitrogens with zero attached hydrogens (tertiary/aromatic N) is 4. The van der Waals surface area contributed by atoms with Crippen molar-refractivity contribution in [2.24, 2.45) is 28.6 Å². The summed E-state index contributed by atoms with van der Waals surface area (Å²) in [6, 6.07) is 4.17. The molecule has 0 radical (unpaired) electrons. The second kappa shape index (κ2) is 7.00. The number of fused-ring (bicyclic) bond motifs is 6. The van der Waals surface area contributed by atoms with Gasteiger partial charge in [-0.15, -0.1) is 0 Å². The normalized spacial score (nSPS) is 39.9. The summed E-state index contributed by atoms with van der Waals surface area (Å²) in [4.78, 5) is 36.5. The molecule has 33 heavy (non-hydrogen) atoms. The van der Waals surface area contributed by atoms with Gasteiger partial charge in [0.25, 0.3) is 0 Å². The van der Waals surface area contributed by atoms with Crippen LogP contribution in [0.25, 0.3) is 11.2 Å². The summed E-state index contributed by atoms with van der Waals surface area (Å²) in [5.41, 5.74) is 1.70. The van der Waals surface area contributed by atoms with Gasteiger partial charge in [-0.25, -0.2) is 14.5 Å². The third-order valence-electron chi connectivity index (χ3n) is 10.2. The Bertz CT molecular complexity index is 1180. The molecule has 0 aromatic carbocycles. The average molecular weight is 447 g/mol. The van der Waals surface area contributed by atoms with Crippen LogP contribution in [0, 0.1) is 28.6 Å². The fraction of sp³-hybridized carbons (Fsp3) is 0.630. The van der Waals surface area contributed by atoms with E-state index in [1.807, 2.05) is 30.2 Å². The lowest BCUT2D eigenvalue weighted by molar-refractivity contribution is -0.138. The first kappa shape index (κ1) is 21.1. The molecule has 6 rings (SSSR count). The number of carbonyl (C=O) groups is 2. The van der Waals surface area contributed by atoms with Crippen LogP contribution in [0.5, 0.6) is 0 Å². The van der Waals surface area contributed by atoms with Crippen LogP contribution in [0.3, 0.4) is 0 Å². The zero-order valence-corrected chi connectivity index (χ0v) is 20.1. The van der Waals surface area contributed by atoms with Crippen molar-refractivity contribution in [2.45, 2.75) is 71.3 Å². The second-order valence-corrected chi connectivity index (χ2v) is 11.5. The highest BCUT2D eigenvalue weighted by Crippen LogP contribution is 2.67. The molecule has 6 nitrogen and oxygen atoms in total. The van der Waals surface area contributed by atoms with Gasteiger partial charge < -0.3 is 4.90 Å². The molecule has 2 aromatic rings. The molecule has 3 aliphatic carbocycles. The quantitative estimate of drug-likeness (QED) is 0.630. The van der Waals surface area contributed by atoms with Gasteiger partial charge in [0.15, 0.2) is 5.65 Å². The average Bonchev–Trinajstić information content (AvgIpc) is 3.34. The highest BCUT2D eigenvalue weighted by molar-refractivity contribution is 5.89. The largest absolute Gasteiger partial charge is 0.338 e. The Hall–Kier alpha value is -2.50. The molecule has 0 spiro atoms. The van der Waals surface area contributed by atoms with Crippen LogP contribution in [0.4, 0.5) is 0 Å². The highest BCUT2D eigenvalue weighted by Gasteiger charge is 2.61. The summed E-state index contributed by atoms with van der Waals surface area (Å²) < 4.78 is 1.78. The Kier molecular flexibility index (Phi) is 4.47. The number of hydrogen-bond donors (Lipinski definition) is 0. The lowest BCUT2D eigenvalue weighted by Gasteiger charge is -2.60. The summed E-state index contributed by atoms with van der Waals surface area (Å²) >= 11 is 0. The predicted octanol–water partition coefficient (Wildman–Crippen LogP) is 4.81. The Morgan fingerprint density at radius 2 is 1.94 bits per heavy atom. The van der Waals surface area contributed by atoms with Crippen molar-refractivity contribution in [1.29, 1.82) is 0 Å². The van der Waals surface area contributed by atoms with E-state index < -0.39 is 0 Å². The van der Waals surface area contributed by atoms with Gasteiger partial charge >= 0.3 is 0 Å². The topological polar surface area (TPSA) is 68.1 Å². The number of likely N-dealkylation sites (N-methyl/N-ethyl adjacent to an activating group) is 1. The van der Waals surface area contributed by atoms with Crippen molar-refractivity contribution in [3.8, 4) is 0 Å². The fourth-order valence-electron chi connectivity index (χ4n) is 8.64. The summed E-state index contributed by atoms with van der Waals surface area (Å²) in [5.74, 6) is 3.24. The number of hydrogen-bond acceptors (Lipinski definition) is 4. The first-order valence-electron chi connectivity index (χ1n) is 12.6. The van der Waals surface area contributed by atoms with Crippen molar-refractivity contribution < 1.29 is 9.59 Å². The van der Waals surface area contributed by atoms with Gasteiger partial charge in [-0.1, -0.05) is 19.9 Å². The molecular weight excluding hydrogens is 412 g/mol. The van der Waals surface area contributed by atoms with E-state index in [4.69, 9.17) is 4.98 Å². The van der Waals surface area contributed by atoms with E-state index in [1.165, 1.54) is 19.3 Å². The maximum atomic E-state index is 12.7. The molecule has 3 saturated carbocycles. The molecule has 2 aromatic heterocycles. The number of imidazole rings is 1. The standard InChI is InChI=1S/C27H34N4O2/c1-16(32)31-24(29-21-6-5-15-28-25(21)31)20-9-8-18-17-7-10-22-27(3,14-12-23(33)30(22)4)19(17)11-13-26(18,20)2/h5-6,12,14-15,17-20,22H,7-11,13H2,1-4H3/t17-,18-,19+,20?,22?,26-,27+/m0/s1. The van der Waals surface area contributed by atoms with Gasteiger partial charge in [-0.2, -0.15) is 0 Å². The second-order valence-electron chi connectivity index (χ2n) is 11.5. The zero-order valence-electron chi connectivity index (χ0n) is 20.1. The molecule has 3 fully saturated rings. The summed E-state index contributed by atoms with van der Waals surface area (Å²) in [6.45, 7) is 6.48.